The van der Waals surface area contributed by atoms with E-state index >= 15 is 0 Å². The molecular formula is C39H47N5O4. The van der Waals surface area contributed by atoms with Crippen LogP contribution in [0.4, 0.5) is 0 Å². The molecule has 2 aromatic carbocycles. The molecule has 2 aromatic heterocycles. The van der Waals surface area contributed by atoms with Gasteiger partial charge in [0.25, 0.3) is 11.5 Å². The van der Waals surface area contributed by atoms with E-state index < -0.39 is 12.1 Å². The zero-order valence-electron chi connectivity index (χ0n) is 27.8. The molecule has 0 radical (unpaired) electrons. The molecule has 0 saturated heterocycles. The molecule has 4 aromatic rings. The number of benzene rings is 2. The second kappa shape index (κ2) is 14.1. The Morgan fingerprint density at radius 1 is 1.04 bits per heavy atom. The van der Waals surface area contributed by atoms with Gasteiger partial charge in [0.1, 0.15) is 17.0 Å². The Morgan fingerprint density at radius 3 is 2.56 bits per heavy atom. The molecule has 9 heteroatoms. The molecule has 0 bridgehead atoms. The van der Waals surface area contributed by atoms with Crippen molar-refractivity contribution in [1.82, 2.24) is 25.0 Å². The predicted molar refractivity (Wildman–Crippen MR) is 186 cm³/mol. The number of aliphatic hydroxyl groups excluding tert-OH is 1. The molecule has 1 amide bonds. The highest BCUT2D eigenvalue weighted by Crippen LogP contribution is 2.47. The highest BCUT2D eigenvalue weighted by atomic mass is 16.5. The monoisotopic (exact) mass is 649 g/mol. The Balaban J connectivity index is 1.15. The van der Waals surface area contributed by atoms with Crippen LogP contribution >= 0.6 is 0 Å². The Labute approximate surface area is 282 Å². The SMILES string of the molecule is CCc1ccc2c(c1)C(NC[C@@H](O)[C@H](Cc1ccccc1)NC(=O)c1cc(-n3cccn3)c(=O)n(C3CCCC3)c1)CC1(CCCC1)O2. The van der Waals surface area contributed by atoms with Crippen molar-refractivity contribution in [2.24, 2.45) is 0 Å². The van der Waals surface area contributed by atoms with Crippen LogP contribution in [0.1, 0.15) is 104 Å². The average molecular weight is 650 g/mol. The first-order valence-electron chi connectivity index (χ1n) is 17.8. The lowest BCUT2D eigenvalue weighted by molar-refractivity contribution is 0.0326. The maximum absolute atomic E-state index is 14.1. The molecule has 1 aliphatic heterocycles. The molecule has 252 valence electrons. The summed E-state index contributed by atoms with van der Waals surface area (Å²) in [7, 11) is 0. The van der Waals surface area contributed by atoms with E-state index in [1.54, 1.807) is 35.3 Å². The van der Waals surface area contributed by atoms with Gasteiger partial charge in [0.15, 0.2) is 0 Å². The lowest BCUT2D eigenvalue weighted by Crippen LogP contribution is -2.50. The third kappa shape index (κ3) is 6.84. The first kappa shape index (κ1) is 32.3. The summed E-state index contributed by atoms with van der Waals surface area (Å²) in [5.74, 6) is 0.607. The van der Waals surface area contributed by atoms with Gasteiger partial charge in [-0.05, 0) is 80.7 Å². The number of nitrogens with zero attached hydrogens (tertiary/aromatic N) is 3. The lowest BCUT2D eigenvalue weighted by atomic mass is 9.85. The maximum atomic E-state index is 14.1. The fourth-order valence-corrected chi connectivity index (χ4v) is 8.00. The summed E-state index contributed by atoms with van der Waals surface area (Å²) in [5.41, 5.74) is 3.80. The van der Waals surface area contributed by atoms with Crippen molar-refractivity contribution >= 4 is 5.91 Å². The predicted octanol–water partition coefficient (Wildman–Crippen LogP) is 5.84. The molecule has 1 unspecified atom stereocenters. The summed E-state index contributed by atoms with van der Waals surface area (Å²) in [6.45, 7) is 2.46. The summed E-state index contributed by atoms with van der Waals surface area (Å²) >= 11 is 0. The van der Waals surface area contributed by atoms with E-state index in [4.69, 9.17) is 4.74 Å². The van der Waals surface area contributed by atoms with Crippen molar-refractivity contribution in [3.8, 4) is 11.4 Å². The normalized spacial score (nSPS) is 19.9. The van der Waals surface area contributed by atoms with Crippen LogP contribution in [0.3, 0.4) is 0 Å². The van der Waals surface area contributed by atoms with Crippen LogP contribution in [0.25, 0.3) is 5.69 Å². The van der Waals surface area contributed by atoms with Crippen molar-refractivity contribution in [3.05, 3.63) is 112 Å². The minimum absolute atomic E-state index is 0.0349. The van der Waals surface area contributed by atoms with Crippen molar-refractivity contribution in [1.29, 1.82) is 0 Å². The molecule has 3 N–H and O–H groups in total. The van der Waals surface area contributed by atoms with Crippen molar-refractivity contribution in [3.63, 3.8) is 0 Å². The zero-order chi connectivity index (χ0) is 33.1. The number of amides is 1. The summed E-state index contributed by atoms with van der Waals surface area (Å²) in [5, 5.41) is 23.0. The summed E-state index contributed by atoms with van der Waals surface area (Å²) in [6, 6.07) is 19.3. The largest absolute Gasteiger partial charge is 0.487 e. The summed E-state index contributed by atoms with van der Waals surface area (Å²) in [6.07, 6.45) is 14.7. The van der Waals surface area contributed by atoms with E-state index in [9.17, 15) is 14.7 Å². The number of nitrogens with one attached hydrogen (secondary N) is 2. The van der Waals surface area contributed by atoms with Gasteiger partial charge in [0.2, 0.25) is 0 Å². The number of carbonyl (C=O) groups is 1. The van der Waals surface area contributed by atoms with E-state index in [1.165, 1.54) is 23.1 Å². The molecule has 48 heavy (non-hydrogen) atoms. The molecule has 1 spiro atoms. The molecule has 9 nitrogen and oxygen atoms in total. The third-order valence-corrected chi connectivity index (χ3v) is 10.7. The minimum atomic E-state index is -0.874. The van der Waals surface area contributed by atoms with Crippen molar-refractivity contribution in [2.75, 3.05) is 6.54 Å². The first-order chi connectivity index (χ1) is 23.4. The van der Waals surface area contributed by atoms with Crippen molar-refractivity contribution in [2.45, 2.75) is 107 Å². The standard InChI is InChI=1S/C39H47N5O4/c1-2-27-15-16-36-31(21-27)33(24-39(48-36)17-8-9-18-39)40-25-35(45)32(22-28-11-4-3-5-12-28)42-37(46)29-23-34(44-20-10-19-41-44)38(47)43(26-29)30-13-6-7-14-30/h3-5,10-12,15-16,19-21,23,26,30,32-33,35,40,45H,2,6-9,13-14,17-18,22,24-25H2,1H3,(H,42,46)/t32-,33?,35+/m0/s1. The van der Waals surface area contributed by atoms with Crippen LogP contribution in [-0.2, 0) is 12.8 Å². The van der Waals surface area contributed by atoms with E-state index in [1.807, 2.05) is 30.3 Å². The second-order valence-electron chi connectivity index (χ2n) is 13.9. The van der Waals surface area contributed by atoms with Crippen LogP contribution in [-0.4, -0.2) is 49.7 Å². The average Bonchev–Trinajstić information content (AvgIpc) is 3.92. The fourth-order valence-electron chi connectivity index (χ4n) is 8.00. The molecule has 7 rings (SSSR count). The van der Waals surface area contributed by atoms with Gasteiger partial charge in [0, 0.05) is 49.2 Å². The number of hydrogen-bond acceptors (Lipinski definition) is 6. The molecule has 3 heterocycles. The van der Waals surface area contributed by atoms with Gasteiger partial charge in [0.05, 0.1) is 17.7 Å². The van der Waals surface area contributed by atoms with E-state index in [0.29, 0.717) is 24.2 Å². The Morgan fingerprint density at radius 2 is 1.83 bits per heavy atom. The van der Waals surface area contributed by atoms with E-state index in [2.05, 4.69) is 40.9 Å². The Kier molecular flexibility index (Phi) is 9.50. The van der Waals surface area contributed by atoms with E-state index in [-0.39, 0.29) is 29.2 Å². The van der Waals surface area contributed by atoms with Gasteiger partial charge in [-0.2, -0.15) is 5.10 Å². The fraction of sp³-hybridized carbons (Fsp3) is 0.462. The number of ether oxygens (including phenoxy) is 1. The number of aryl methyl sites for hydroxylation is 1. The molecule has 3 atom stereocenters. The van der Waals surface area contributed by atoms with Crippen molar-refractivity contribution < 1.29 is 14.6 Å². The summed E-state index contributed by atoms with van der Waals surface area (Å²) in [4.78, 5) is 27.6. The highest BCUT2D eigenvalue weighted by molar-refractivity contribution is 5.94. The quantitative estimate of drug-likeness (QED) is 0.188. The molecule has 2 saturated carbocycles. The van der Waals surface area contributed by atoms with Gasteiger partial charge in [-0.15, -0.1) is 0 Å². The summed E-state index contributed by atoms with van der Waals surface area (Å²) < 4.78 is 9.89. The van der Waals surface area contributed by atoms with Crippen LogP contribution in [0.5, 0.6) is 5.75 Å². The number of carbonyl (C=O) groups excluding carboxylic acids is 1. The highest BCUT2D eigenvalue weighted by Gasteiger charge is 2.43. The van der Waals surface area contributed by atoms with Gasteiger partial charge in [-0.3, -0.25) is 9.59 Å². The zero-order valence-corrected chi connectivity index (χ0v) is 27.8. The number of pyridine rings is 1. The number of fused-ring (bicyclic) bond motifs is 1. The van der Waals surface area contributed by atoms with Crippen LogP contribution in [0.15, 0.2) is 84.0 Å². The van der Waals surface area contributed by atoms with E-state index in [0.717, 1.165) is 68.2 Å². The molecule has 2 fully saturated rings. The minimum Gasteiger partial charge on any atom is -0.487 e. The van der Waals surface area contributed by atoms with Gasteiger partial charge >= 0.3 is 0 Å². The Bertz CT molecular complexity index is 1760. The van der Waals surface area contributed by atoms with Gasteiger partial charge < -0.3 is 25.0 Å². The maximum Gasteiger partial charge on any atom is 0.276 e. The number of aliphatic hydroxyl groups is 1. The van der Waals surface area contributed by atoms with Crippen LogP contribution < -0.4 is 20.9 Å². The lowest BCUT2D eigenvalue weighted by Gasteiger charge is -2.41. The third-order valence-electron chi connectivity index (χ3n) is 10.7. The van der Waals surface area contributed by atoms with Gasteiger partial charge in [-0.1, -0.05) is 62.2 Å². The first-order valence-corrected chi connectivity index (χ1v) is 17.8. The number of aromatic nitrogens is 3. The van der Waals surface area contributed by atoms with Crippen LogP contribution in [0.2, 0.25) is 0 Å². The number of rotatable bonds is 11. The molecular weight excluding hydrogens is 602 g/mol. The smallest absolute Gasteiger partial charge is 0.276 e. The molecule has 2 aliphatic carbocycles. The second-order valence-corrected chi connectivity index (χ2v) is 13.9. The topological polar surface area (TPSA) is 110 Å². The Hall–Kier alpha value is -4.21. The molecule has 3 aliphatic rings. The van der Waals surface area contributed by atoms with Crippen LogP contribution in [0, 0.1) is 0 Å². The number of hydrogen-bond donors (Lipinski definition) is 3. The van der Waals surface area contributed by atoms with Gasteiger partial charge in [-0.25, -0.2) is 4.68 Å².